The fourth-order valence-corrected chi connectivity index (χ4v) is 5.51. The van der Waals surface area contributed by atoms with Crippen LogP contribution in [0.15, 0.2) is 22.8 Å². The van der Waals surface area contributed by atoms with Gasteiger partial charge in [0.1, 0.15) is 5.67 Å². The van der Waals surface area contributed by atoms with Crippen LogP contribution in [0.3, 0.4) is 0 Å². The van der Waals surface area contributed by atoms with E-state index >= 15 is 4.39 Å². The Bertz CT molecular complexity index is 510. The van der Waals surface area contributed by atoms with Gasteiger partial charge in [-0.3, -0.25) is 0 Å². The van der Waals surface area contributed by atoms with E-state index in [1.807, 2.05) is 6.92 Å². The van der Waals surface area contributed by atoms with Gasteiger partial charge in [-0.05, 0) is 75.7 Å². The molecule has 3 aliphatic carbocycles. The summed E-state index contributed by atoms with van der Waals surface area (Å²) in [5.74, 6) is 0.488. The van der Waals surface area contributed by atoms with E-state index in [2.05, 4.69) is 33.8 Å². The molecule has 0 heterocycles. The average molecular weight is 290 g/mol. The van der Waals surface area contributed by atoms with Crippen molar-refractivity contribution >= 4 is 0 Å². The summed E-state index contributed by atoms with van der Waals surface area (Å²) in [7, 11) is 0. The molecular weight excluding hydrogens is 259 g/mol. The van der Waals surface area contributed by atoms with E-state index in [-0.39, 0.29) is 10.8 Å². The lowest BCUT2D eigenvalue weighted by molar-refractivity contribution is -0.0330. The SMILES string of the molecule is CC1=CCCC2(C)CCC3=C(C)CCC(CC12F)C3(C)C. The van der Waals surface area contributed by atoms with Crippen LogP contribution >= 0.6 is 0 Å². The summed E-state index contributed by atoms with van der Waals surface area (Å²) in [6.45, 7) is 11.3. The smallest absolute Gasteiger partial charge is 0.137 e. The minimum atomic E-state index is -1.08. The molecule has 0 saturated heterocycles. The van der Waals surface area contributed by atoms with Crippen molar-refractivity contribution in [2.24, 2.45) is 16.7 Å². The van der Waals surface area contributed by atoms with Gasteiger partial charge in [-0.25, -0.2) is 4.39 Å². The first kappa shape index (κ1) is 15.3. The predicted molar refractivity (Wildman–Crippen MR) is 88.0 cm³/mol. The molecule has 1 heteroatoms. The van der Waals surface area contributed by atoms with Gasteiger partial charge in [-0.2, -0.15) is 0 Å². The molecule has 0 aliphatic heterocycles. The van der Waals surface area contributed by atoms with Crippen LogP contribution in [0.1, 0.15) is 79.6 Å². The van der Waals surface area contributed by atoms with Crippen LogP contribution in [-0.4, -0.2) is 5.67 Å². The molecule has 3 atom stereocenters. The number of allylic oxidation sites excluding steroid dienone is 4. The Balaban J connectivity index is 2.08. The van der Waals surface area contributed by atoms with Gasteiger partial charge in [0.25, 0.3) is 0 Å². The maximum absolute atomic E-state index is 16.2. The van der Waals surface area contributed by atoms with Crippen LogP contribution in [-0.2, 0) is 0 Å². The minimum Gasteiger partial charge on any atom is -0.238 e. The van der Waals surface area contributed by atoms with Crippen LogP contribution in [0.25, 0.3) is 0 Å². The summed E-state index contributed by atoms with van der Waals surface area (Å²) in [5, 5.41) is 0. The summed E-state index contributed by atoms with van der Waals surface area (Å²) >= 11 is 0. The lowest BCUT2D eigenvalue weighted by Crippen LogP contribution is -2.51. The largest absolute Gasteiger partial charge is 0.238 e. The molecule has 3 rings (SSSR count). The van der Waals surface area contributed by atoms with Crippen molar-refractivity contribution in [1.82, 2.24) is 0 Å². The fourth-order valence-electron chi connectivity index (χ4n) is 5.51. The molecule has 1 fully saturated rings. The van der Waals surface area contributed by atoms with Crippen LogP contribution in [0.5, 0.6) is 0 Å². The summed E-state index contributed by atoms with van der Waals surface area (Å²) in [6, 6.07) is 0. The second-order valence-electron chi connectivity index (χ2n) is 8.71. The van der Waals surface area contributed by atoms with Gasteiger partial charge < -0.3 is 0 Å². The van der Waals surface area contributed by atoms with Gasteiger partial charge in [0.15, 0.2) is 0 Å². The molecule has 0 amide bonds. The monoisotopic (exact) mass is 290 g/mol. The van der Waals surface area contributed by atoms with E-state index in [1.54, 1.807) is 11.1 Å². The molecule has 0 aromatic heterocycles. The van der Waals surface area contributed by atoms with Gasteiger partial charge in [0.05, 0.1) is 0 Å². The average Bonchev–Trinajstić information content (AvgIpc) is 2.39. The molecule has 21 heavy (non-hydrogen) atoms. The van der Waals surface area contributed by atoms with Crippen LogP contribution < -0.4 is 0 Å². The highest BCUT2D eigenvalue weighted by molar-refractivity contribution is 5.31. The molecule has 0 aromatic carbocycles. The van der Waals surface area contributed by atoms with Crippen LogP contribution in [0, 0.1) is 16.7 Å². The third-order valence-corrected chi connectivity index (χ3v) is 7.36. The summed E-state index contributed by atoms with van der Waals surface area (Å²) in [4.78, 5) is 0. The summed E-state index contributed by atoms with van der Waals surface area (Å²) in [6.07, 6.45) is 9.43. The molecule has 2 bridgehead atoms. The molecule has 3 unspecified atom stereocenters. The normalized spacial score (nSPS) is 42.8. The van der Waals surface area contributed by atoms with E-state index in [1.165, 1.54) is 6.42 Å². The van der Waals surface area contributed by atoms with Gasteiger partial charge in [-0.15, -0.1) is 0 Å². The van der Waals surface area contributed by atoms with E-state index in [0.717, 1.165) is 44.1 Å². The number of rotatable bonds is 0. The van der Waals surface area contributed by atoms with E-state index in [9.17, 15) is 0 Å². The number of hydrogen-bond donors (Lipinski definition) is 0. The quantitative estimate of drug-likeness (QED) is 0.454. The van der Waals surface area contributed by atoms with E-state index < -0.39 is 5.67 Å². The van der Waals surface area contributed by atoms with Crippen molar-refractivity contribution in [2.45, 2.75) is 85.2 Å². The second kappa shape index (κ2) is 4.70. The Morgan fingerprint density at radius 2 is 1.81 bits per heavy atom. The highest BCUT2D eigenvalue weighted by atomic mass is 19.1. The Morgan fingerprint density at radius 3 is 2.52 bits per heavy atom. The Kier molecular flexibility index (Phi) is 3.43. The third kappa shape index (κ3) is 2.06. The number of alkyl halides is 1. The molecule has 0 N–H and O–H groups in total. The predicted octanol–water partition coefficient (Wildman–Crippen LogP) is 6.38. The zero-order valence-corrected chi connectivity index (χ0v) is 14.5. The number of halogens is 1. The first-order valence-electron chi connectivity index (χ1n) is 8.76. The first-order valence-corrected chi connectivity index (χ1v) is 8.76. The molecular formula is C20H31F. The molecule has 3 aliphatic rings. The third-order valence-electron chi connectivity index (χ3n) is 7.36. The highest BCUT2D eigenvalue weighted by Crippen LogP contribution is 2.60. The molecule has 0 nitrogen and oxygen atoms in total. The van der Waals surface area contributed by atoms with E-state index in [0.29, 0.717) is 5.92 Å². The first-order chi connectivity index (χ1) is 9.71. The van der Waals surface area contributed by atoms with Crippen molar-refractivity contribution < 1.29 is 4.39 Å². The molecule has 1 saturated carbocycles. The van der Waals surface area contributed by atoms with Crippen molar-refractivity contribution in [3.05, 3.63) is 22.8 Å². The van der Waals surface area contributed by atoms with E-state index in [4.69, 9.17) is 0 Å². The standard InChI is InChI=1S/C20H31F/c1-14-8-9-16-13-20(21)15(2)7-6-11-19(20,5)12-10-17(14)18(16,3)4/h7,16H,6,8-13H2,1-5H3. The molecule has 0 spiro atoms. The number of fused-ring (bicyclic) bond motifs is 3. The Hall–Kier alpha value is -0.590. The van der Waals surface area contributed by atoms with Crippen molar-refractivity contribution in [1.29, 1.82) is 0 Å². The molecule has 0 aromatic rings. The maximum Gasteiger partial charge on any atom is 0.137 e. The lowest BCUT2D eigenvalue weighted by Gasteiger charge is -2.54. The zero-order chi connectivity index (χ0) is 15.5. The lowest BCUT2D eigenvalue weighted by atomic mass is 9.52. The Labute approximate surface area is 129 Å². The zero-order valence-electron chi connectivity index (χ0n) is 14.5. The highest BCUT2D eigenvalue weighted by Gasteiger charge is 2.55. The maximum atomic E-state index is 16.2. The second-order valence-corrected chi connectivity index (χ2v) is 8.71. The topological polar surface area (TPSA) is 0 Å². The number of hydrogen-bond acceptors (Lipinski definition) is 0. The van der Waals surface area contributed by atoms with Crippen LogP contribution in [0.4, 0.5) is 4.39 Å². The van der Waals surface area contributed by atoms with Gasteiger partial charge in [0, 0.05) is 5.41 Å². The van der Waals surface area contributed by atoms with Crippen molar-refractivity contribution in [2.75, 3.05) is 0 Å². The molecule has 118 valence electrons. The summed E-state index contributed by atoms with van der Waals surface area (Å²) < 4.78 is 16.2. The van der Waals surface area contributed by atoms with Gasteiger partial charge in [-0.1, -0.05) is 38.0 Å². The fraction of sp³-hybridized carbons (Fsp3) is 0.800. The van der Waals surface area contributed by atoms with Crippen LogP contribution in [0.2, 0.25) is 0 Å². The Morgan fingerprint density at radius 1 is 1.10 bits per heavy atom. The summed E-state index contributed by atoms with van der Waals surface area (Å²) in [5.41, 5.74) is 3.19. The van der Waals surface area contributed by atoms with Crippen molar-refractivity contribution in [3.63, 3.8) is 0 Å². The minimum absolute atomic E-state index is 0.163. The molecule has 0 radical (unpaired) electrons. The van der Waals surface area contributed by atoms with Crippen molar-refractivity contribution in [3.8, 4) is 0 Å². The van der Waals surface area contributed by atoms with Gasteiger partial charge >= 0.3 is 0 Å². The van der Waals surface area contributed by atoms with Gasteiger partial charge in [0.2, 0.25) is 0 Å².